The van der Waals surface area contributed by atoms with E-state index in [2.05, 4.69) is 10.1 Å². The standard InChI is InChI=1S/C15H19N3O2/c1-19-12-7-5-10(6-8-12)14-17-15(20-18-14)13-4-2-3-11(13)9-16/h5-8,11,13H,2-4,9,16H2,1H3. The molecule has 1 fully saturated rings. The highest BCUT2D eigenvalue weighted by Gasteiger charge is 2.31. The highest BCUT2D eigenvalue weighted by molar-refractivity contribution is 5.55. The van der Waals surface area contributed by atoms with E-state index in [9.17, 15) is 0 Å². The fourth-order valence-corrected chi connectivity index (χ4v) is 2.89. The second-order valence-electron chi connectivity index (χ2n) is 5.22. The van der Waals surface area contributed by atoms with Crippen LogP contribution in [0.3, 0.4) is 0 Å². The minimum Gasteiger partial charge on any atom is -0.497 e. The van der Waals surface area contributed by atoms with Crippen LogP contribution < -0.4 is 10.5 Å². The summed E-state index contributed by atoms with van der Waals surface area (Å²) in [5.41, 5.74) is 6.74. The minimum atomic E-state index is 0.319. The van der Waals surface area contributed by atoms with Gasteiger partial charge in [-0.15, -0.1) is 0 Å². The van der Waals surface area contributed by atoms with Crippen molar-refractivity contribution < 1.29 is 9.26 Å². The molecule has 0 spiro atoms. The molecule has 1 aromatic carbocycles. The van der Waals surface area contributed by atoms with Crippen LogP contribution in [-0.2, 0) is 0 Å². The Morgan fingerprint density at radius 2 is 2.10 bits per heavy atom. The van der Waals surface area contributed by atoms with Gasteiger partial charge in [0.05, 0.1) is 7.11 Å². The van der Waals surface area contributed by atoms with Crippen molar-refractivity contribution in [2.75, 3.05) is 13.7 Å². The van der Waals surface area contributed by atoms with Crippen molar-refractivity contribution in [2.45, 2.75) is 25.2 Å². The topological polar surface area (TPSA) is 74.2 Å². The molecule has 2 N–H and O–H groups in total. The number of hydrogen-bond acceptors (Lipinski definition) is 5. The van der Waals surface area contributed by atoms with Gasteiger partial charge in [-0.2, -0.15) is 4.98 Å². The van der Waals surface area contributed by atoms with Crippen LogP contribution >= 0.6 is 0 Å². The van der Waals surface area contributed by atoms with Gasteiger partial charge in [0.2, 0.25) is 11.7 Å². The fraction of sp³-hybridized carbons (Fsp3) is 0.467. The highest BCUT2D eigenvalue weighted by atomic mass is 16.5. The Bertz CT molecular complexity index is 565. The van der Waals surface area contributed by atoms with E-state index in [1.54, 1.807) is 7.11 Å². The van der Waals surface area contributed by atoms with E-state index < -0.39 is 0 Å². The molecule has 0 amide bonds. The molecule has 106 valence electrons. The Morgan fingerprint density at radius 3 is 2.80 bits per heavy atom. The number of benzene rings is 1. The van der Waals surface area contributed by atoms with Crippen LogP contribution in [0.15, 0.2) is 28.8 Å². The zero-order valence-electron chi connectivity index (χ0n) is 11.6. The summed E-state index contributed by atoms with van der Waals surface area (Å²) in [7, 11) is 1.65. The van der Waals surface area contributed by atoms with E-state index in [4.69, 9.17) is 15.0 Å². The third-order valence-corrected chi connectivity index (χ3v) is 4.07. The third-order valence-electron chi connectivity index (χ3n) is 4.07. The first-order valence-corrected chi connectivity index (χ1v) is 7.00. The Hall–Kier alpha value is -1.88. The average molecular weight is 273 g/mol. The number of nitrogens with zero attached hydrogens (tertiary/aromatic N) is 2. The van der Waals surface area contributed by atoms with E-state index in [0.717, 1.165) is 30.0 Å². The lowest BCUT2D eigenvalue weighted by atomic mass is 9.96. The molecular weight excluding hydrogens is 254 g/mol. The molecule has 0 radical (unpaired) electrons. The predicted molar refractivity (Wildman–Crippen MR) is 75.4 cm³/mol. The van der Waals surface area contributed by atoms with Crippen LogP contribution in [0.4, 0.5) is 0 Å². The van der Waals surface area contributed by atoms with Gasteiger partial charge in [-0.1, -0.05) is 11.6 Å². The summed E-state index contributed by atoms with van der Waals surface area (Å²) in [4.78, 5) is 4.54. The van der Waals surface area contributed by atoms with Gasteiger partial charge < -0.3 is 15.0 Å². The molecule has 1 aliphatic carbocycles. The summed E-state index contributed by atoms with van der Waals surface area (Å²) in [6, 6.07) is 7.65. The molecule has 1 aliphatic rings. The summed E-state index contributed by atoms with van der Waals surface area (Å²) in [5.74, 6) is 2.96. The summed E-state index contributed by atoms with van der Waals surface area (Å²) < 4.78 is 10.6. The minimum absolute atomic E-state index is 0.319. The van der Waals surface area contributed by atoms with Crippen LogP contribution in [0.1, 0.15) is 31.1 Å². The van der Waals surface area contributed by atoms with Crippen LogP contribution in [0.2, 0.25) is 0 Å². The largest absolute Gasteiger partial charge is 0.497 e. The van der Waals surface area contributed by atoms with Gasteiger partial charge in [-0.3, -0.25) is 0 Å². The number of hydrogen-bond donors (Lipinski definition) is 1. The molecule has 2 unspecified atom stereocenters. The Labute approximate surface area is 118 Å². The molecule has 1 saturated carbocycles. The molecule has 2 aromatic rings. The maximum atomic E-state index is 5.81. The SMILES string of the molecule is COc1ccc(-c2noc(C3CCCC3CN)n2)cc1. The zero-order chi connectivity index (χ0) is 13.9. The normalized spacial score (nSPS) is 22.1. The fourth-order valence-electron chi connectivity index (χ4n) is 2.89. The second kappa shape index (κ2) is 5.63. The molecule has 1 heterocycles. The molecule has 20 heavy (non-hydrogen) atoms. The third kappa shape index (κ3) is 2.41. The molecule has 1 aromatic heterocycles. The smallest absolute Gasteiger partial charge is 0.230 e. The van der Waals surface area contributed by atoms with Gasteiger partial charge in [0.1, 0.15) is 5.75 Å². The quantitative estimate of drug-likeness (QED) is 0.926. The van der Waals surface area contributed by atoms with Crippen LogP contribution in [0, 0.1) is 5.92 Å². The molecule has 5 nitrogen and oxygen atoms in total. The predicted octanol–water partition coefficient (Wildman–Crippen LogP) is 2.59. The first-order valence-electron chi connectivity index (χ1n) is 7.00. The zero-order valence-corrected chi connectivity index (χ0v) is 11.6. The van der Waals surface area contributed by atoms with Gasteiger partial charge in [0.25, 0.3) is 0 Å². The van der Waals surface area contributed by atoms with Crippen LogP contribution in [0.5, 0.6) is 5.75 Å². The number of rotatable bonds is 4. The maximum Gasteiger partial charge on any atom is 0.230 e. The molecule has 2 atom stereocenters. The summed E-state index contributed by atoms with van der Waals surface area (Å²) in [6.07, 6.45) is 3.43. The van der Waals surface area contributed by atoms with Gasteiger partial charge >= 0.3 is 0 Å². The number of methoxy groups -OCH3 is 1. The van der Waals surface area contributed by atoms with Gasteiger partial charge in [-0.05, 0) is 49.6 Å². The average Bonchev–Trinajstić information content (AvgIpc) is 3.15. The molecule has 3 rings (SSSR count). The molecular formula is C15H19N3O2. The number of nitrogens with two attached hydrogens (primary N) is 1. The molecule has 0 aliphatic heterocycles. The van der Waals surface area contributed by atoms with Gasteiger partial charge in [0, 0.05) is 11.5 Å². The lowest BCUT2D eigenvalue weighted by molar-refractivity contribution is 0.326. The summed E-state index contributed by atoms with van der Waals surface area (Å²) in [5, 5.41) is 4.09. The van der Waals surface area contributed by atoms with Gasteiger partial charge in [0.15, 0.2) is 0 Å². The molecule has 5 heteroatoms. The first kappa shape index (κ1) is 13.1. The molecule has 0 saturated heterocycles. The lowest BCUT2D eigenvalue weighted by Crippen LogP contribution is -2.17. The second-order valence-corrected chi connectivity index (χ2v) is 5.22. The first-order chi connectivity index (χ1) is 9.81. The van der Waals surface area contributed by atoms with Gasteiger partial charge in [-0.25, -0.2) is 0 Å². The Morgan fingerprint density at radius 1 is 1.30 bits per heavy atom. The molecule has 0 bridgehead atoms. The van der Waals surface area contributed by atoms with Crippen molar-refractivity contribution in [1.29, 1.82) is 0 Å². The van der Waals surface area contributed by atoms with Crippen molar-refractivity contribution in [3.05, 3.63) is 30.2 Å². The summed E-state index contributed by atoms with van der Waals surface area (Å²) in [6.45, 7) is 0.685. The lowest BCUT2D eigenvalue weighted by Gasteiger charge is -2.12. The van der Waals surface area contributed by atoms with Crippen molar-refractivity contribution in [2.24, 2.45) is 11.7 Å². The highest BCUT2D eigenvalue weighted by Crippen LogP contribution is 2.38. The van der Waals surface area contributed by atoms with Crippen LogP contribution in [0.25, 0.3) is 11.4 Å². The number of ether oxygens (including phenoxy) is 1. The number of aromatic nitrogens is 2. The maximum absolute atomic E-state index is 5.81. The van der Waals surface area contributed by atoms with Crippen LogP contribution in [-0.4, -0.2) is 23.8 Å². The summed E-state index contributed by atoms with van der Waals surface area (Å²) >= 11 is 0. The Balaban J connectivity index is 1.82. The van der Waals surface area contributed by atoms with Crippen molar-refractivity contribution in [3.63, 3.8) is 0 Å². The van der Waals surface area contributed by atoms with E-state index in [0.29, 0.717) is 24.2 Å². The van der Waals surface area contributed by atoms with E-state index in [1.165, 1.54) is 6.42 Å². The van der Waals surface area contributed by atoms with E-state index >= 15 is 0 Å². The van der Waals surface area contributed by atoms with E-state index in [-0.39, 0.29) is 0 Å². The van der Waals surface area contributed by atoms with Crippen molar-refractivity contribution >= 4 is 0 Å². The van der Waals surface area contributed by atoms with Crippen molar-refractivity contribution in [3.8, 4) is 17.1 Å². The van der Waals surface area contributed by atoms with E-state index in [1.807, 2.05) is 24.3 Å². The Kier molecular flexibility index (Phi) is 3.69. The monoisotopic (exact) mass is 273 g/mol. The van der Waals surface area contributed by atoms with Crippen molar-refractivity contribution in [1.82, 2.24) is 10.1 Å².